The number of carbonyl (C=O) groups excluding carboxylic acids is 1. The smallest absolute Gasteiger partial charge is 0.268 e. The molecule has 0 radical (unpaired) electrons. The third-order valence-electron chi connectivity index (χ3n) is 9.42. The molecule has 8 heteroatoms. The zero-order chi connectivity index (χ0) is 24.9. The van der Waals surface area contributed by atoms with E-state index in [1.807, 2.05) is 12.3 Å². The van der Waals surface area contributed by atoms with Gasteiger partial charge in [0.25, 0.3) is 5.91 Å². The molecular formula is C28H43N7O. The average Bonchev–Trinajstić information content (AvgIpc) is 3.28. The zero-order valence-corrected chi connectivity index (χ0v) is 22.4. The number of rotatable bonds is 3. The Morgan fingerprint density at radius 3 is 2.44 bits per heavy atom. The lowest BCUT2D eigenvalue weighted by Gasteiger charge is -2.46. The molecule has 2 aromatic rings. The molecule has 1 saturated heterocycles. The molecule has 2 saturated carbocycles. The van der Waals surface area contributed by atoms with Crippen LogP contribution in [0.2, 0.25) is 0 Å². The summed E-state index contributed by atoms with van der Waals surface area (Å²) in [6.45, 7) is 12.4. The molecule has 0 bridgehead atoms. The number of anilines is 1. The van der Waals surface area contributed by atoms with Crippen LogP contribution in [0.25, 0.3) is 11.0 Å². The topological polar surface area (TPSA) is 78.3 Å². The SMILES string of the molecule is CC(C)(C)N1CCN(C2CCC(Nc3ncc4cc5n(c4n3)C3(CCCCC3)CNC5=O)CC2)CC1. The van der Waals surface area contributed by atoms with Crippen LogP contribution < -0.4 is 10.6 Å². The fourth-order valence-corrected chi connectivity index (χ4v) is 7.26. The summed E-state index contributed by atoms with van der Waals surface area (Å²) >= 11 is 0. The van der Waals surface area contributed by atoms with Gasteiger partial charge >= 0.3 is 0 Å². The quantitative estimate of drug-likeness (QED) is 0.674. The van der Waals surface area contributed by atoms with Gasteiger partial charge in [-0.25, -0.2) is 4.98 Å². The second-order valence-electron chi connectivity index (χ2n) is 12.6. The first kappa shape index (κ1) is 24.2. The lowest BCUT2D eigenvalue weighted by molar-refractivity contribution is 0.0325. The molecule has 2 aliphatic carbocycles. The number of hydrogen-bond acceptors (Lipinski definition) is 6. The molecule has 196 valence electrons. The number of aromatic nitrogens is 3. The number of piperazine rings is 1. The molecule has 6 rings (SSSR count). The lowest BCUT2D eigenvalue weighted by atomic mass is 9.80. The highest BCUT2D eigenvalue weighted by Crippen LogP contribution is 2.40. The first-order valence-electron chi connectivity index (χ1n) is 14.3. The van der Waals surface area contributed by atoms with E-state index in [0.717, 1.165) is 42.4 Å². The van der Waals surface area contributed by atoms with Gasteiger partial charge in [-0.2, -0.15) is 4.98 Å². The van der Waals surface area contributed by atoms with Crippen molar-refractivity contribution >= 4 is 22.9 Å². The molecule has 2 aliphatic heterocycles. The minimum Gasteiger partial charge on any atom is -0.351 e. The first-order chi connectivity index (χ1) is 17.3. The molecule has 3 fully saturated rings. The molecule has 1 spiro atoms. The Morgan fingerprint density at radius 1 is 1.03 bits per heavy atom. The van der Waals surface area contributed by atoms with Crippen molar-refractivity contribution in [3.05, 3.63) is 18.0 Å². The van der Waals surface area contributed by atoms with Crippen molar-refractivity contribution in [3.63, 3.8) is 0 Å². The normalized spacial score (nSPS) is 27.7. The second-order valence-corrected chi connectivity index (χ2v) is 12.6. The predicted molar refractivity (Wildman–Crippen MR) is 143 cm³/mol. The third kappa shape index (κ3) is 4.40. The van der Waals surface area contributed by atoms with Crippen molar-refractivity contribution in [3.8, 4) is 0 Å². The number of nitrogens with zero attached hydrogens (tertiary/aromatic N) is 5. The highest BCUT2D eigenvalue weighted by atomic mass is 16.2. The molecular weight excluding hydrogens is 450 g/mol. The predicted octanol–water partition coefficient (Wildman–Crippen LogP) is 3.97. The molecule has 4 heterocycles. The van der Waals surface area contributed by atoms with Crippen molar-refractivity contribution in [1.29, 1.82) is 0 Å². The van der Waals surface area contributed by atoms with Gasteiger partial charge in [0.15, 0.2) is 0 Å². The van der Waals surface area contributed by atoms with Gasteiger partial charge < -0.3 is 15.2 Å². The first-order valence-corrected chi connectivity index (χ1v) is 14.3. The van der Waals surface area contributed by atoms with E-state index in [1.165, 1.54) is 58.3 Å². The van der Waals surface area contributed by atoms with Crippen molar-refractivity contribution in [2.45, 2.75) is 102 Å². The van der Waals surface area contributed by atoms with Gasteiger partial charge in [0.05, 0.1) is 5.54 Å². The minimum absolute atomic E-state index is 0.0142. The lowest BCUT2D eigenvalue weighted by Crippen LogP contribution is -2.56. The summed E-state index contributed by atoms with van der Waals surface area (Å²) in [6, 6.07) is 3.10. The Labute approximate surface area is 215 Å². The van der Waals surface area contributed by atoms with E-state index in [1.54, 1.807) is 0 Å². The van der Waals surface area contributed by atoms with Gasteiger partial charge in [-0.1, -0.05) is 19.3 Å². The Kier molecular flexibility index (Phi) is 6.23. The Hall–Kier alpha value is -2.19. The Bertz CT molecular complexity index is 1100. The van der Waals surface area contributed by atoms with Gasteiger partial charge in [0, 0.05) is 61.9 Å². The highest BCUT2D eigenvalue weighted by Gasteiger charge is 2.41. The van der Waals surface area contributed by atoms with Crippen molar-refractivity contribution in [1.82, 2.24) is 29.7 Å². The number of fused-ring (bicyclic) bond motifs is 4. The number of carbonyl (C=O) groups is 1. The molecule has 2 aromatic heterocycles. The number of hydrogen-bond donors (Lipinski definition) is 2. The largest absolute Gasteiger partial charge is 0.351 e. The van der Waals surface area contributed by atoms with Crippen LogP contribution in [0.5, 0.6) is 0 Å². The second kappa shape index (κ2) is 9.28. The summed E-state index contributed by atoms with van der Waals surface area (Å²) in [7, 11) is 0. The van der Waals surface area contributed by atoms with E-state index in [0.29, 0.717) is 24.6 Å². The van der Waals surface area contributed by atoms with E-state index in [9.17, 15) is 4.79 Å². The van der Waals surface area contributed by atoms with Crippen molar-refractivity contribution in [2.24, 2.45) is 0 Å². The van der Waals surface area contributed by atoms with Crippen LogP contribution in [0.3, 0.4) is 0 Å². The maximum absolute atomic E-state index is 12.7. The van der Waals surface area contributed by atoms with Crippen LogP contribution in [0.15, 0.2) is 12.3 Å². The standard InChI is InChI=1S/C28H43N7O/c1-27(2,3)34-15-13-33(14-16-34)22-9-7-21(8-10-22)31-26-29-18-20-17-23-25(36)30-19-28(11-5-4-6-12-28)35(23)24(20)32-26/h17-18,21-22H,4-16,19H2,1-3H3,(H,30,36)(H,29,31,32). The van der Waals surface area contributed by atoms with Crippen LogP contribution >= 0.6 is 0 Å². The summed E-state index contributed by atoms with van der Waals surface area (Å²) in [5.74, 6) is 0.725. The van der Waals surface area contributed by atoms with Crippen LogP contribution in [0, 0.1) is 0 Å². The summed E-state index contributed by atoms with van der Waals surface area (Å²) in [6.07, 6.45) is 12.6. The molecule has 1 amide bonds. The van der Waals surface area contributed by atoms with Crippen molar-refractivity contribution in [2.75, 3.05) is 38.0 Å². The number of amides is 1. The van der Waals surface area contributed by atoms with E-state index < -0.39 is 0 Å². The van der Waals surface area contributed by atoms with E-state index >= 15 is 0 Å². The molecule has 2 N–H and O–H groups in total. The fourth-order valence-electron chi connectivity index (χ4n) is 7.26. The van der Waals surface area contributed by atoms with Gasteiger partial charge in [-0.3, -0.25) is 14.6 Å². The zero-order valence-electron chi connectivity index (χ0n) is 22.4. The third-order valence-corrected chi connectivity index (χ3v) is 9.42. The van der Waals surface area contributed by atoms with Gasteiger partial charge in [-0.15, -0.1) is 0 Å². The summed E-state index contributed by atoms with van der Waals surface area (Å²) in [4.78, 5) is 27.7. The molecule has 0 atom stereocenters. The summed E-state index contributed by atoms with van der Waals surface area (Å²) in [5, 5.41) is 7.78. The fraction of sp³-hybridized carbons (Fsp3) is 0.750. The molecule has 8 nitrogen and oxygen atoms in total. The molecule has 4 aliphatic rings. The molecule has 36 heavy (non-hydrogen) atoms. The van der Waals surface area contributed by atoms with Gasteiger partial charge in [-0.05, 0) is 65.4 Å². The maximum atomic E-state index is 12.7. The van der Waals surface area contributed by atoms with Gasteiger partial charge in [0.1, 0.15) is 11.3 Å². The minimum atomic E-state index is -0.0378. The van der Waals surface area contributed by atoms with E-state index in [4.69, 9.17) is 4.98 Å². The molecule has 0 aromatic carbocycles. The highest BCUT2D eigenvalue weighted by molar-refractivity contribution is 5.99. The van der Waals surface area contributed by atoms with Gasteiger partial charge in [0.2, 0.25) is 5.95 Å². The van der Waals surface area contributed by atoms with Crippen molar-refractivity contribution < 1.29 is 4.79 Å². The maximum Gasteiger partial charge on any atom is 0.268 e. The van der Waals surface area contributed by atoms with E-state index in [-0.39, 0.29) is 17.0 Å². The Morgan fingerprint density at radius 2 is 1.75 bits per heavy atom. The van der Waals surface area contributed by atoms with Crippen LogP contribution in [0.1, 0.15) is 89.0 Å². The van der Waals surface area contributed by atoms with Crippen LogP contribution in [0.4, 0.5) is 5.95 Å². The van der Waals surface area contributed by atoms with Crippen LogP contribution in [-0.4, -0.2) is 80.6 Å². The average molecular weight is 494 g/mol. The van der Waals surface area contributed by atoms with Crippen LogP contribution in [-0.2, 0) is 5.54 Å². The monoisotopic (exact) mass is 493 g/mol. The summed E-state index contributed by atoms with van der Waals surface area (Å²) in [5.41, 5.74) is 1.90. The number of nitrogens with one attached hydrogen (secondary N) is 2. The Balaban J connectivity index is 1.13. The summed E-state index contributed by atoms with van der Waals surface area (Å²) < 4.78 is 2.27. The molecule has 0 unspecified atom stereocenters. The van der Waals surface area contributed by atoms with E-state index in [2.05, 4.69) is 50.8 Å².